The summed E-state index contributed by atoms with van der Waals surface area (Å²) in [5.74, 6) is -0.875. The molecule has 0 aromatic heterocycles. The van der Waals surface area contributed by atoms with Crippen LogP contribution in [0.1, 0.15) is 33.6 Å². The average molecular weight is 351 g/mol. The molecule has 3 rings (SSSR count). The van der Waals surface area contributed by atoms with Crippen molar-refractivity contribution < 1.29 is 14.4 Å². The quantitative estimate of drug-likeness (QED) is 0.915. The van der Waals surface area contributed by atoms with Gasteiger partial charge in [-0.15, -0.1) is 0 Å². The molecule has 6 nitrogen and oxygen atoms in total. The van der Waals surface area contributed by atoms with E-state index in [1.165, 1.54) is 17.0 Å². The zero-order valence-electron chi connectivity index (χ0n) is 14.6. The van der Waals surface area contributed by atoms with Crippen LogP contribution in [0.5, 0.6) is 0 Å². The van der Waals surface area contributed by atoms with Crippen LogP contribution in [0.25, 0.3) is 0 Å². The second kappa shape index (κ2) is 7.39. The van der Waals surface area contributed by atoms with E-state index >= 15 is 0 Å². The number of piperidine rings is 1. The number of para-hydroxylation sites is 1. The molecule has 1 aliphatic rings. The smallest absolute Gasteiger partial charge is 0.254 e. The van der Waals surface area contributed by atoms with E-state index in [9.17, 15) is 14.4 Å². The summed E-state index contributed by atoms with van der Waals surface area (Å²) in [5, 5.41) is 0. The molecule has 6 heteroatoms. The van der Waals surface area contributed by atoms with Crippen molar-refractivity contribution >= 4 is 23.4 Å². The highest BCUT2D eigenvalue weighted by Gasteiger charge is 2.34. The summed E-state index contributed by atoms with van der Waals surface area (Å²) < 4.78 is 0. The second-order valence-electron chi connectivity index (χ2n) is 6.34. The molecular weight excluding hydrogens is 330 g/mol. The van der Waals surface area contributed by atoms with Crippen molar-refractivity contribution in [3.05, 3.63) is 65.7 Å². The topological polar surface area (TPSA) is 83.7 Å². The standard InChI is InChI=1S/C20H21N3O3/c1-22(19(25)15-11-9-14(10-12-15)18(21)24)17-8-5-13-23(20(17)26)16-6-3-2-4-7-16/h2-4,6-7,9-12,17H,5,8,13H2,1H3,(H2,21,24). The van der Waals surface area contributed by atoms with Gasteiger partial charge in [-0.05, 0) is 49.2 Å². The van der Waals surface area contributed by atoms with Crippen molar-refractivity contribution in [3.8, 4) is 0 Å². The first-order valence-corrected chi connectivity index (χ1v) is 8.52. The van der Waals surface area contributed by atoms with Crippen molar-refractivity contribution in [2.75, 3.05) is 18.5 Å². The Bertz CT molecular complexity index is 818. The Morgan fingerprint density at radius 2 is 1.65 bits per heavy atom. The minimum absolute atomic E-state index is 0.0768. The maximum Gasteiger partial charge on any atom is 0.254 e. The van der Waals surface area contributed by atoms with E-state index in [1.807, 2.05) is 30.3 Å². The molecule has 1 fully saturated rings. The van der Waals surface area contributed by atoms with E-state index in [2.05, 4.69) is 0 Å². The number of hydrogen-bond acceptors (Lipinski definition) is 3. The lowest BCUT2D eigenvalue weighted by atomic mass is 10.0. The summed E-state index contributed by atoms with van der Waals surface area (Å²) in [6.45, 7) is 0.648. The average Bonchev–Trinajstić information content (AvgIpc) is 2.68. The Balaban J connectivity index is 1.77. The Morgan fingerprint density at radius 1 is 1.04 bits per heavy atom. The molecule has 2 N–H and O–H groups in total. The number of nitrogens with two attached hydrogens (primary N) is 1. The van der Waals surface area contributed by atoms with Gasteiger partial charge in [0.2, 0.25) is 11.8 Å². The van der Waals surface area contributed by atoms with Gasteiger partial charge in [0.05, 0.1) is 0 Å². The Kier molecular flexibility index (Phi) is 5.02. The monoisotopic (exact) mass is 351 g/mol. The number of hydrogen-bond donors (Lipinski definition) is 1. The molecule has 1 unspecified atom stereocenters. The van der Waals surface area contributed by atoms with Crippen LogP contribution >= 0.6 is 0 Å². The van der Waals surface area contributed by atoms with Crippen molar-refractivity contribution in [1.29, 1.82) is 0 Å². The van der Waals surface area contributed by atoms with Gasteiger partial charge >= 0.3 is 0 Å². The number of anilines is 1. The SMILES string of the molecule is CN(C(=O)c1ccc(C(N)=O)cc1)C1CCCN(c2ccccc2)C1=O. The molecule has 134 valence electrons. The molecule has 0 spiro atoms. The predicted octanol–water partition coefficient (Wildman–Crippen LogP) is 2.05. The Hall–Kier alpha value is -3.15. The van der Waals surface area contributed by atoms with Crippen LogP contribution in [0.2, 0.25) is 0 Å². The van der Waals surface area contributed by atoms with Gasteiger partial charge in [-0.1, -0.05) is 18.2 Å². The number of rotatable bonds is 4. The summed E-state index contributed by atoms with van der Waals surface area (Å²) >= 11 is 0. The van der Waals surface area contributed by atoms with Crippen LogP contribution in [0.15, 0.2) is 54.6 Å². The molecule has 1 atom stereocenters. The highest BCUT2D eigenvalue weighted by Crippen LogP contribution is 2.24. The Morgan fingerprint density at radius 3 is 2.27 bits per heavy atom. The number of benzene rings is 2. The third kappa shape index (κ3) is 3.44. The van der Waals surface area contributed by atoms with Crippen molar-refractivity contribution in [2.45, 2.75) is 18.9 Å². The third-order valence-corrected chi connectivity index (χ3v) is 4.68. The van der Waals surface area contributed by atoms with Gasteiger partial charge in [0.15, 0.2) is 0 Å². The van der Waals surface area contributed by atoms with Crippen molar-refractivity contribution in [1.82, 2.24) is 4.90 Å². The molecule has 2 aromatic rings. The minimum Gasteiger partial charge on any atom is -0.366 e. The number of nitrogens with zero attached hydrogens (tertiary/aromatic N) is 2. The maximum absolute atomic E-state index is 12.9. The maximum atomic E-state index is 12.9. The number of carbonyl (C=O) groups is 3. The van der Waals surface area contributed by atoms with Gasteiger partial charge in [0.25, 0.3) is 5.91 Å². The molecule has 0 radical (unpaired) electrons. The molecule has 1 aliphatic heterocycles. The molecule has 1 saturated heterocycles. The molecule has 0 saturated carbocycles. The number of likely N-dealkylation sites (N-methyl/N-ethyl adjacent to an activating group) is 1. The fraction of sp³-hybridized carbons (Fsp3) is 0.250. The van der Waals surface area contributed by atoms with Crippen LogP contribution < -0.4 is 10.6 Å². The lowest BCUT2D eigenvalue weighted by Crippen LogP contribution is -2.53. The van der Waals surface area contributed by atoms with E-state index in [1.54, 1.807) is 24.1 Å². The fourth-order valence-corrected chi connectivity index (χ4v) is 3.20. The lowest BCUT2D eigenvalue weighted by molar-refractivity contribution is -0.124. The highest BCUT2D eigenvalue weighted by molar-refractivity contribution is 6.03. The minimum atomic E-state index is -0.543. The van der Waals surface area contributed by atoms with E-state index in [-0.39, 0.29) is 11.8 Å². The van der Waals surface area contributed by atoms with Crippen molar-refractivity contribution in [2.24, 2.45) is 5.73 Å². The third-order valence-electron chi connectivity index (χ3n) is 4.68. The fourth-order valence-electron chi connectivity index (χ4n) is 3.20. The number of carbonyl (C=O) groups excluding carboxylic acids is 3. The first kappa shape index (κ1) is 17.7. The molecule has 0 bridgehead atoms. The predicted molar refractivity (Wildman–Crippen MR) is 98.9 cm³/mol. The van der Waals surface area contributed by atoms with Gasteiger partial charge < -0.3 is 15.5 Å². The lowest BCUT2D eigenvalue weighted by Gasteiger charge is -2.36. The summed E-state index contributed by atoms with van der Waals surface area (Å²) in [5.41, 5.74) is 6.82. The summed E-state index contributed by atoms with van der Waals surface area (Å²) in [7, 11) is 1.64. The van der Waals surface area contributed by atoms with Crippen LogP contribution in [-0.4, -0.2) is 42.3 Å². The van der Waals surface area contributed by atoms with Crippen LogP contribution in [-0.2, 0) is 4.79 Å². The van der Waals surface area contributed by atoms with Crippen LogP contribution in [0.3, 0.4) is 0 Å². The summed E-state index contributed by atoms with van der Waals surface area (Å²) in [4.78, 5) is 40.0. The van der Waals surface area contributed by atoms with E-state index < -0.39 is 11.9 Å². The molecule has 1 heterocycles. The zero-order valence-corrected chi connectivity index (χ0v) is 14.6. The molecule has 2 aromatic carbocycles. The molecule has 3 amide bonds. The van der Waals surface area contributed by atoms with E-state index in [0.717, 1.165) is 12.1 Å². The normalized spacial score (nSPS) is 17.0. The summed E-state index contributed by atoms with van der Waals surface area (Å²) in [6.07, 6.45) is 1.45. The van der Waals surface area contributed by atoms with Crippen LogP contribution in [0.4, 0.5) is 5.69 Å². The largest absolute Gasteiger partial charge is 0.366 e. The molecular formula is C20H21N3O3. The van der Waals surface area contributed by atoms with Crippen molar-refractivity contribution in [3.63, 3.8) is 0 Å². The van der Waals surface area contributed by atoms with E-state index in [0.29, 0.717) is 24.1 Å². The molecule has 26 heavy (non-hydrogen) atoms. The van der Waals surface area contributed by atoms with E-state index in [4.69, 9.17) is 5.73 Å². The second-order valence-corrected chi connectivity index (χ2v) is 6.34. The highest BCUT2D eigenvalue weighted by atomic mass is 16.2. The number of primary amides is 1. The zero-order chi connectivity index (χ0) is 18.7. The molecule has 0 aliphatic carbocycles. The summed E-state index contributed by atoms with van der Waals surface area (Å²) in [6, 6.07) is 15.1. The van der Waals surface area contributed by atoms with Gasteiger partial charge in [0, 0.05) is 30.4 Å². The van der Waals surface area contributed by atoms with Gasteiger partial charge in [-0.2, -0.15) is 0 Å². The Labute approximate surface area is 152 Å². The van der Waals surface area contributed by atoms with Gasteiger partial charge in [-0.3, -0.25) is 14.4 Å². The van der Waals surface area contributed by atoms with Crippen LogP contribution in [0, 0.1) is 0 Å². The number of amides is 3. The first-order valence-electron chi connectivity index (χ1n) is 8.52. The van der Waals surface area contributed by atoms with Gasteiger partial charge in [-0.25, -0.2) is 0 Å². The first-order chi connectivity index (χ1) is 12.5. The van der Waals surface area contributed by atoms with Gasteiger partial charge in [0.1, 0.15) is 6.04 Å².